The maximum atomic E-state index is 11.4. The Hall–Kier alpha value is -2.07. The molecule has 1 fully saturated rings. The van der Waals surface area contributed by atoms with E-state index < -0.39 is 0 Å². The van der Waals surface area contributed by atoms with Gasteiger partial charge in [-0.1, -0.05) is 29.8 Å². The van der Waals surface area contributed by atoms with Crippen LogP contribution in [0.1, 0.15) is 30.9 Å². The number of anilines is 1. The third kappa shape index (κ3) is 7.81. The molecule has 2 aromatic rings. The maximum Gasteiger partial charge on any atom is 0.220 e. The van der Waals surface area contributed by atoms with E-state index in [0.29, 0.717) is 6.54 Å². The number of nitrogens with zero attached hydrogens (tertiary/aromatic N) is 3. The number of aromatic nitrogens is 1. The largest absolute Gasteiger partial charge is 0.369 e. The first kappa shape index (κ1) is 26.2. The Kier molecular flexibility index (Phi) is 11.0. The van der Waals surface area contributed by atoms with Crippen molar-refractivity contribution in [3.8, 4) is 0 Å². The number of piperidine rings is 1. The lowest BCUT2D eigenvalue weighted by molar-refractivity contribution is -0.122. The molecular formula is C23H32ClIN6O. The van der Waals surface area contributed by atoms with Crippen molar-refractivity contribution in [3.63, 3.8) is 0 Å². The summed E-state index contributed by atoms with van der Waals surface area (Å²) in [5.74, 6) is 1.46. The molecule has 1 aromatic heterocycles. The fourth-order valence-corrected chi connectivity index (χ4v) is 3.95. The first-order chi connectivity index (χ1) is 15.1. The van der Waals surface area contributed by atoms with Gasteiger partial charge in [-0.3, -0.25) is 4.79 Å². The molecule has 0 radical (unpaired) electrons. The first-order valence-corrected chi connectivity index (χ1v) is 11.2. The Morgan fingerprint density at radius 2 is 2.03 bits per heavy atom. The molecule has 2 heterocycles. The molecule has 0 unspecified atom stereocenters. The molecule has 3 rings (SSSR count). The van der Waals surface area contributed by atoms with Crippen molar-refractivity contribution in [3.05, 3.63) is 58.7 Å². The van der Waals surface area contributed by atoms with Crippen molar-refractivity contribution in [1.82, 2.24) is 15.6 Å². The van der Waals surface area contributed by atoms with Gasteiger partial charge in [-0.2, -0.15) is 0 Å². The Morgan fingerprint density at radius 1 is 1.25 bits per heavy atom. The number of hydrogen-bond donors (Lipinski definition) is 3. The number of rotatable bonds is 8. The van der Waals surface area contributed by atoms with Gasteiger partial charge in [0.15, 0.2) is 5.96 Å². The van der Waals surface area contributed by atoms with Crippen molar-refractivity contribution >= 4 is 53.3 Å². The number of aliphatic imine (C=N–C) groups is 1. The Labute approximate surface area is 212 Å². The van der Waals surface area contributed by atoms with E-state index in [1.807, 2.05) is 31.2 Å². The average molecular weight is 571 g/mol. The third-order valence-corrected chi connectivity index (χ3v) is 5.65. The average Bonchev–Trinajstić information content (AvgIpc) is 2.78. The summed E-state index contributed by atoms with van der Waals surface area (Å²) in [6, 6.07) is 11.9. The second kappa shape index (κ2) is 13.5. The smallest absolute Gasteiger partial charge is 0.220 e. The van der Waals surface area contributed by atoms with E-state index in [9.17, 15) is 4.79 Å². The highest BCUT2D eigenvalue weighted by atomic mass is 127. The number of primary amides is 1. The van der Waals surface area contributed by atoms with Crippen LogP contribution in [-0.2, 0) is 17.8 Å². The number of hydrogen-bond acceptors (Lipinski definition) is 4. The van der Waals surface area contributed by atoms with Gasteiger partial charge < -0.3 is 21.3 Å². The molecule has 32 heavy (non-hydrogen) atoms. The minimum Gasteiger partial charge on any atom is -0.369 e. The van der Waals surface area contributed by atoms with Crippen molar-refractivity contribution < 1.29 is 4.79 Å². The minimum atomic E-state index is -0.204. The Morgan fingerprint density at radius 3 is 2.72 bits per heavy atom. The quantitative estimate of drug-likeness (QED) is 0.257. The fraction of sp³-hybridized carbons (Fsp3) is 0.435. The van der Waals surface area contributed by atoms with Gasteiger partial charge >= 0.3 is 0 Å². The minimum absolute atomic E-state index is 0. The van der Waals surface area contributed by atoms with Crippen LogP contribution in [-0.4, -0.2) is 43.0 Å². The molecule has 7 nitrogen and oxygen atoms in total. The highest BCUT2D eigenvalue weighted by Gasteiger charge is 2.24. The summed E-state index contributed by atoms with van der Waals surface area (Å²) < 4.78 is 0. The number of amides is 1. The van der Waals surface area contributed by atoms with E-state index in [2.05, 4.69) is 32.7 Å². The summed E-state index contributed by atoms with van der Waals surface area (Å²) in [5.41, 5.74) is 7.71. The predicted octanol–water partition coefficient (Wildman–Crippen LogP) is 3.35. The second-order valence-corrected chi connectivity index (χ2v) is 8.09. The van der Waals surface area contributed by atoms with Gasteiger partial charge in [0.05, 0.1) is 6.54 Å². The number of carbonyl (C=O) groups excluding carboxylic acids is 1. The zero-order valence-corrected chi connectivity index (χ0v) is 21.5. The Bertz CT molecular complexity index is 902. The number of nitrogens with one attached hydrogen (secondary N) is 2. The zero-order valence-electron chi connectivity index (χ0n) is 18.4. The fourth-order valence-electron chi connectivity index (χ4n) is 3.74. The van der Waals surface area contributed by atoms with Crippen molar-refractivity contribution in [2.45, 2.75) is 32.7 Å². The summed E-state index contributed by atoms with van der Waals surface area (Å²) in [4.78, 5) is 23.0. The van der Waals surface area contributed by atoms with Crippen LogP contribution < -0.4 is 21.3 Å². The molecule has 1 amide bonds. The number of benzene rings is 1. The second-order valence-electron chi connectivity index (χ2n) is 7.65. The van der Waals surface area contributed by atoms with E-state index in [-0.39, 0.29) is 35.8 Å². The van der Waals surface area contributed by atoms with Crippen LogP contribution in [0.2, 0.25) is 5.02 Å². The summed E-state index contributed by atoms with van der Waals surface area (Å²) in [5, 5.41) is 7.43. The van der Waals surface area contributed by atoms with Crippen LogP contribution >= 0.6 is 35.6 Å². The molecule has 1 aliphatic rings. The molecule has 9 heteroatoms. The summed E-state index contributed by atoms with van der Waals surface area (Å²) >= 11 is 6.07. The predicted molar refractivity (Wildman–Crippen MR) is 142 cm³/mol. The van der Waals surface area contributed by atoms with Crippen LogP contribution in [0, 0.1) is 5.92 Å². The van der Waals surface area contributed by atoms with E-state index in [0.717, 1.165) is 67.8 Å². The topological polar surface area (TPSA) is 95.6 Å². The maximum absolute atomic E-state index is 11.4. The molecule has 1 aliphatic heterocycles. The van der Waals surface area contributed by atoms with Gasteiger partial charge in [-0.25, -0.2) is 9.98 Å². The van der Waals surface area contributed by atoms with E-state index in [1.165, 1.54) is 5.56 Å². The highest BCUT2D eigenvalue weighted by molar-refractivity contribution is 14.0. The van der Waals surface area contributed by atoms with Crippen LogP contribution in [0.15, 0.2) is 47.6 Å². The standard InChI is InChI=1S/C23H31ClN6O.HI/c1-2-26-23(28-12-8-17-5-3-7-20(24)15-17)29-16-19-6-4-11-27-22(19)30-13-9-18(10-14-30)21(25)31;/h3-7,11,15,18H,2,8-10,12-14,16H2,1H3,(H2,25,31)(H2,26,28,29);1H. The van der Waals surface area contributed by atoms with Gasteiger partial charge in [0, 0.05) is 48.9 Å². The van der Waals surface area contributed by atoms with E-state index in [4.69, 9.17) is 22.3 Å². The highest BCUT2D eigenvalue weighted by Crippen LogP contribution is 2.24. The number of carbonyl (C=O) groups is 1. The summed E-state index contributed by atoms with van der Waals surface area (Å²) in [7, 11) is 0. The molecule has 174 valence electrons. The monoisotopic (exact) mass is 570 g/mol. The number of halogens is 2. The number of guanidine groups is 1. The molecule has 0 saturated carbocycles. The van der Waals surface area contributed by atoms with Crippen molar-refractivity contribution in [1.29, 1.82) is 0 Å². The molecule has 0 atom stereocenters. The summed E-state index contributed by atoms with van der Waals surface area (Å²) in [6.45, 7) is 5.66. The van der Waals surface area contributed by atoms with Crippen LogP contribution in [0.3, 0.4) is 0 Å². The lowest BCUT2D eigenvalue weighted by Gasteiger charge is -2.32. The molecule has 0 spiro atoms. The van der Waals surface area contributed by atoms with Crippen LogP contribution in [0.4, 0.5) is 5.82 Å². The Balaban J connectivity index is 0.00000363. The van der Waals surface area contributed by atoms with Gasteiger partial charge in [0.1, 0.15) is 5.82 Å². The third-order valence-electron chi connectivity index (χ3n) is 5.41. The van der Waals surface area contributed by atoms with E-state index in [1.54, 1.807) is 6.20 Å². The van der Waals surface area contributed by atoms with Crippen LogP contribution in [0.5, 0.6) is 0 Å². The van der Waals surface area contributed by atoms with Gasteiger partial charge in [-0.15, -0.1) is 24.0 Å². The van der Waals surface area contributed by atoms with Gasteiger partial charge in [0.25, 0.3) is 0 Å². The lowest BCUT2D eigenvalue weighted by atomic mass is 9.96. The number of pyridine rings is 1. The van der Waals surface area contributed by atoms with E-state index >= 15 is 0 Å². The van der Waals surface area contributed by atoms with Crippen LogP contribution in [0.25, 0.3) is 0 Å². The van der Waals surface area contributed by atoms with Gasteiger partial charge in [-0.05, 0) is 49.9 Å². The van der Waals surface area contributed by atoms with Crippen molar-refractivity contribution in [2.24, 2.45) is 16.6 Å². The summed E-state index contributed by atoms with van der Waals surface area (Å²) in [6.07, 6.45) is 4.19. The molecule has 4 N–H and O–H groups in total. The first-order valence-electron chi connectivity index (χ1n) is 10.8. The molecule has 0 aliphatic carbocycles. The lowest BCUT2D eigenvalue weighted by Crippen LogP contribution is -2.39. The number of nitrogens with two attached hydrogens (primary N) is 1. The molecule has 1 saturated heterocycles. The van der Waals surface area contributed by atoms with Gasteiger partial charge in [0.2, 0.25) is 5.91 Å². The molecule has 0 bridgehead atoms. The SMILES string of the molecule is CCNC(=NCc1cccnc1N1CCC(C(N)=O)CC1)NCCc1cccc(Cl)c1.I. The zero-order chi connectivity index (χ0) is 22.1. The molecular weight excluding hydrogens is 539 g/mol. The van der Waals surface area contributed by atoms with Crippen molar-refractivity contribution in [2.75, 3.05) is 31.1 Å². The normalized spacial score (nSPS) is 14.6. The molecule has 1 aromatic carbocycles.